The molecule has 8 nitrogen and oxygen atoms in total. The number of likely N-dealkylation sites (tertiary alicyclic amines) is 1. The SMILES string of the molecule is CCc1cc(NC(=O)C(=O)[N+]23CC(CC[C@@H]2C)[C@H]3c2ccc3sc(C4CCN(C)CC4)nc3c2)cnc1N. The molecule has 5 heterocycles. The Kier molecular flexibility index (Phi) is 6.48. The molecule has 3 fully saturated rings. The van der Waals surface area contributed by atoms with Crippen molar-refractivity contribution in [2.24, 2.45) is 5.92 Å². The summed E-state index contributed by atoms with van der Waals surface area (Å²) in [7, 11) is 2.18. The maximum atomic E-state index is 13.9. The van der Waals surface area contributed by atoms with Crippen molar-refractivity contribution < 1.29 is 14.1 Å². The van der Waals surface area contributed by atoms with Crippen molar-refractivity contribution >= 4 is 44.9 Å². The molecule has 200 valence electrons. The number of piperidine rings is 3. The van der Waals surface area contributed by atoms with Gasteiger partial charge in [-0.3, -0.25) is 4.79 Å². The van der Waals surface area contributed by atoms with Gasteiger partial charge in [0.15, 0.2) is 0 Å². The summed E-state index contributed by atoms with van der Waals surface area (Å²) < 4.78 is 1.39. The van der Waals surface area contributed by atoms with Crippen molar-refractivity contribution in [3.05, 3.63) is 46.6 Å². The van der Waals surface area contributed by atoms with Crippen LogP contribution in [0.3, 0.4) is 0 Å². The summed E-state index contributed by atoms with van der Waals surface area (Å²) in [5, 5.41) is 4.05. The van der Waals surface area contributed by atoms with E-state index < -0.39 is 5.91 Å². The maximum absolute atomic E-state index is 13.9. The van der Waals surface area contributed by atoms with Gasteiger partial charge in [0.2, 0.25) is 0 Å². The van der Waals surface area contributed by atoms with Gasteiger partial charge < -0.3 is 16.0 Å². The molecule has 0 saturated carbocycles. The Morgan fingerprint density at radius 1 is 1.18 bits per heavy atom. The lowest BCUT2D eigenvalue weighted by atomic mass is 9.70. The third-order valence-corrected chi connectivity index (χ3v) is 10.5. The topological polar surface area (TPSA) is 101 Å². The molecule has 1 aromatic carbocycles. The van der Waals surface area contributed by atoms with Gasteiger partial charge in [-0.15, -0.1) is 11.3 Å². The third kappa shape index (κ3) is 4.12. The number of hydrogen-bond acceptors (Lipinski definition) is 7. The van der Waals surface area contributed by atoms with Gasteiger partial charge >= 0.3 is 11.8 Å². The second-order valence-corrected chi connectivity index (χ2v) is 12.5. The van der Waals surface area contributed by atoms with E-state index in [1.807, 2.05) is 24.3 Å². The summed E-state index contributed by atoms with van der Waals surface area (Å²) in [6.07, 6.45) is 6.56. The zero-order valence-electron chi connectivity index (χ0n) is 22.4. The lowest BCUT2D eigenvalue weighted by Crippen LogP contribution is -2.76. The average Bonchev–Trinajstić information content (AvgIpc) is 3.33. The molecular weight excluding hydrogens is 496 g/mol. The Labute approximate surface area is 227 Å². The van der Waals surface area contributed by atoms with Gasteiger partial charge in [-0.2, -0.15) is 0 Å². The van der Waals surface area contributed by atoms with Gasteiger partial charge in [-0.1, -0.05) is 13.0 Å². The van der Waals surface area contributed by atoms with Gasteiger partial charge in [0.25, 0.3) is 0 Å². The van der Waals surface area contributed by atoms with Crippen molar-refractivity contribution in [1.82, 2.24) is 14.9 Å². The lowest BCUT2D eigenvalue weighted by molar-refractivity contribution is -0.966. The molecule has 6 rings (SSSR count). The second-order valence-electron chi connectivity index (χ2n) is 11.5. The summed E-state index contributed by atoms with van der Waals surface area (Å²) in [6, 6.07) is 8.42. The minimum Gasteiger partial charge on any atom is -0.383 e. The van der Waals surface area contributed by atoms with Crippen LogP contribution in [-0.4, -0.2) is 63.9 Å². The number of aryl methyl sites for hydroxylation is 1. The first-order valence-electron chi connectivity index (χ1n) is 13.9. The average molecular weight is 534 g/mol. The largest absolute Gasteiger partial charge is 0.404 e. The molecule has 0 spiro atoms. The Morgan fingerprint density at radius 3 is 2.71 bits per heavy atom. The molecule has 9 heteroatoms. The molecule has 3 aromatic rings. The maximum Gasteiger partial charge on any atom is 0.404 e. The number of nitrogens with zero attached hydrogens (tertiary/aromatic N) is 4. The van der Waals surface area contributed by atoms with Crippen LogP contribution in [0, 0.1) is 5.92 Å². The number of benzene rings is 1. The predicted molar refractivity (Wildman–Crippen MR) is 151 cm³/mol. The summed E-state index contributed by atoms with van der Waals surface area (Å²) in [4.78, 5) is 38.8. The van der Waals surface area contributed by atoms with Crippen LogP contribution in [0.25, 0.3) is 10.2 Å². The minimum absolute atomic E-state index is 0.00868. The number of carbonyl (C=O) groups is 2. The number of amides is 2. The van der Waals surface area contributed by atoms with Crippen molar-refractivity contribution in [3.63, 3.8) is 0 Å². The fourth-order valence-corrected chi connectivity index (χ4v) is 8.12. The van der Waals surface area contributed by atoms with E-state index in [1.54, 1.807) is 0 Å². The van der Waals surface area contributed by atoms with Crippen molar-refractivity contribution in [1.29, 1.82) is 0 Å². The van der Waals surface area contributed by atoms with E-state index in [0.717, 1.165) is 55.4 Å². The molecule has 2 amide bonds. The number of nitrogen functional groups attached to an aromatic ring is 1. The number of carbonyl (C=O) groups excluding carboxylic acids is 2. The van der Waals surface area contributed by atoms with Gasteiger partial charge in [-0.05, 0) is 76.5 Å². The second kappa shape index (κ2) is 9.70. The van der Waals surface area contributed by atoms with Crippen molar-refractivity contribution in [3.8, 4) is 0 Å². The van der Waals surface area contributed by atoms with E-state index in [0.29, 0.717) is 36.3 Å². The molecular formula is C29H37N6O2S+. The Balaban J connectivity index is 1.27. The number of anilines is 2. The highest BCUT2D eigenvalue weighted by Crippen LogP contribution is 2.55. The molecule has 0 radical (unpaired) electrons. The summed E-state index contributed by atoms with van der Waals surface area (Å²) in [6.45, 7) is 7.05. The first-order valence-corrected chi connectivity index (χ1v) is 14.7. The Hall–Kier alpha value is -2.88. The Bertz CT molecular complexity index is 1400. The van der Waals surface area contributed by atoms with Crippen LogP contribution in [0.4, 0.5) is 11.5 Å². The van der Waals surface area contributed by atoms with Gasteiger partial charge in [0.05, 0.1) is 45.6 Å². The summed E-state index contributed by atoms with van der Waals surface area (Å²) in [5.74, 6) is 0.440. The van der Waals surface area contributed by atoms with E-state index in [4.69, 9.17) is 10.7 Å². The van der Waals surface area contributed by atoms with Crippen LogP contribution in [0.1, 0.15) is 67.6 Å². The van der Waals surface area contributed by atoms with Crippen molar-refractivity contribution in [2.75, 3.05) is 37.7 Å². The normalized spacial score (nSPS) is 27.7. The Morgan fingerprint density at radius 2 is 1.97 bits per heavy atom. The molecule has 3 N–H and O–H groups in total. The standard InChI is InChI=1S/C29H36N6O2S/c1-4-18-13-22(15-31-26(18)30)32-27(36)29(37)35-16-21(6-5-17(35)2)25(35)20-7-8-24-23(14-20)33-28(38-24)19-9-11-34(3)12-10-19/h7-8,13-15,17,19,21,25H,4-6,9-12,16H2,1-3H3,(H2-,30,31,32,36,37)/p+1/t17-,21?,25+,35?/m0/s1. The molecule has 3 saturated heterocycles. The fourth-order valence-electron chi connectivity index (χ4n) is 7.00. The highest BCUT2D eigenvalue weighted by Gasteiger charge is 2.66. The first kappa shape index (κ1) is 25.4. The van der Waals surface area contributed by atoms with Crippen LogP contribution in [0.15, 0.2) is 30.5 Å². The molecule has 2 bridgehead atoms. The smallest absolute Gasteiger partial charge is 0.383 e. The number of aromatic nitrogens is 2. The third-order valence-electron chi connectivity index (χ3n) is 9.27. The van der Waals surface area contributed by atoms with E-state index >= 15 is 0 Å². The number of pyridine rings is 1. The molecule has 2 unspecified atom stereocenters. The molecule has 0 aliphatic carbocycles. The fraction of sp³-hybridized carbons (Fsp3) is 0.517. The van der Waals surface area contributed by atoms with Crippen LogP contribution >= 0.6 is 11.3 Å². The molecule has 38 heavy (non-hydrogen) atoms. The van der Waals surface area contributed by atoms with E-state index in [2.05, 4.69) is 47.4 Å². The van der Waals surface area contributed by atoms with Crippen LogP contribution < -0.4 is 11.1 Å². The van der Waals surface area contributed by atoms with E-state index in [9.17, 15) is 9.59 Å². The highest BCUT2D eigenvalue weighted by molar-refractivity contribution is 7.18. The van der Waals surface area contributed by atoms with Crippen LogP contribution in [0.2, 0.25) is 0 Å². The number of hydrogen-bond donors (Lipinski definition) is 2. The molecule has 4 atom stereocenters. The summed E-state index contributed by atoms with van der Waals surface area (Å²) in [5.41, 5.74) is 9.44. The molecule has 3 aliphatic heterocycles. The van der Waals surface area contributed by atoms with Crippen LogP contribution in [-0.2, 0) is 16.0 Å². The highest BCUT2D eigenvalue weighted by atomic mass is 32.1. The van der Waals surface area contributed by atoms with E-state index in [1.165, 1.54) is 15.9 Å². The van der Waals surface area contributed by atoms with Gasteiger partial charge in [-0.25, -0.2) is 19.2 Å². The molecule has 2 aromatic heterocycles. The van der Waals surface area contributed by atoms with Gasteiger partial charge in [0, 0.05) is 17.9 Å². The zero-order chi connectivity index (χ0) is 26.6. The first-order chi connectivity index (χ1) is 18.3. The number of fused-ring (bicyclic) bond motifs is 3. The number of nitrogens with one attached hydrogen (secondary N) is 1. The van der Waals surface area contributed by atoms with Crippen LogP contribution in [0.5, 0.6) is 0 Å². The number of thiazole rings is 1. The number of quaternary nitrogens is 1. The predicted octanol–water partition coefficient (Wildman–Crippen LogP) is 4.48. The lowest BCUT2D eigenvalue weighted by Gasteiger charge is -2.61. The number of rotatable bonds is 4. The van der Waals surface area contributed by atoms with Gasteiger partial charge in [0.1, 0.15) is 11.9 Å². The minimum atomic E-state index is -0.574. The number of nitrogens with two attached hydrogens (primary N) is 1. The quantitative estimate of drug-likeness (QED) is 0.379. The van der Waals surface area contributed by atoms with E-state index in [-0.39, 0.29) is 22.5 Å². The zero-order valence-corrected chi connectivity index (χ0v) is 23.3. The monoisotopic (exact) mass is 533 g/mol. The molecule has 3 aliphatic rings. The summed E-state index contributed by atoms with van der Waals surface area (Å²) >= 11 is 1.81. The van der Waals surface area contributed by atoms with Crippen molar-refractivity contribution in [2.45, 2.75) is 64.0 Å².